The van der Waals surface area contributed by atoms with Gasteiger partial charge in [0.2, 0.25) is 11.8 Å². The number of para-hydroxylation sites is 2. The predicted octanol–water partition coefficient (Wildman–Crippen LogP) is 4.15. The molecule has 4 rings (SSSR count). The van der Waals surface area contributed by atoms with E-state index in [0.29, 0.717) is 25.7 Å². The third-order valence-corrected chi connectivity index (χ3v) is 5.63. The first kappa shape index (κ1) is 19.0. The Bertz CT molecular complexity index is 882. The Hall–Kier alpha value is -2.34. The van der Waals surface area contributed by atoms with Gasteiger partial charge in [0, 0.05) is 29.9 Å². The molecule has 0 aromatic heterocycles. The van der Waals surface area contributed by atoms with E-state index in [-0.39, 0.29) is 24.7 Å². The molecule has 0 bridgehead atoms. The summed E-state index contributed by atoms with van der Waals surface area (Å²) in [4.78, 5) is 29.3. The summed E-state index contributed by atoms with van der Waals surface area (Å²) in [6.07, 6.45) is 2.55. The van der Waals surface area contributed by atoms with E-state index in [4.69, 9.17) is 4.74 Å². The maximum absolute atomic E-state index is 12.9. The lowest BCUT2D eigenvalue weighted by Crippen LogP contribution is -2.39. The summed E-state index contributed by atoms with van der Waals surface area (Å²) in [7, 11) is 0. The summed E-state index contributed by atoms with van der Waals surface area (Å²) >= 11 is 3.49. The quantitative estimate of drug-likeness (QED) is 0.674. The molecule has 5 nitrogen and oxygen atoms in total. The summed E-state index contributed by atoms with van der Waals surface area (Å²) in [6.45, 7) is 1.60. The number of rotatable bonds is 6. The maximum Gasteiger partial charge on any atom is 0.227 e. The molecule has 28 heavy (non-hydrogen) atoms. The van der Waals surface area contributed by atoms with E-state index >= 15 is 0 Å². The number of ether oxygens (including phenoxy) is 1. The van der Waals surface area contributed by atoms with Gasteiger partial charge < -0.3 is 14.5 Å². The summed E-state index contributed by atoms with van der Waals surface area (Å²) in [5, 5.41) is 0. The van der Waals surface area contributed by atoms with Crippen LogP contribution in [0.5, 0.6) is 5.75 Å². The van der Waals surface area contributed by atoms with Crippen LogP contribution in [0.1, 0.15) is 31.2 Å². The van der Waals surface area contributed by atoms with Gasteiger partial charge in [-0.3, -0.25) is 9.59 Å². The van der Waals surface area contributed by atoms with Crippen LogP contribution in [0.25, 0.3) is 0 Å². The second-order valence-corrected chi connectivity index (χ2v) is 8.16. The lowest BCUT2D eigenvalue weighted by molar-refractivity contribution is -0.134. The highest BCUT2D eigenvalue weighted by molar-refractivity contribution is 9.10. The second kappa shape index (κ2) is 8.35. The number of carbonyl (C=O) groups is 2. The number of hydrogen-bond acceptors (Lipinski definition) is 3. The zero-order valence-electron chi connectivity index (χ0n) is 15.6. The molecule has 2 amide bonds. The molecule has 0 N–H and O–H groups in total. The third kappa shape index (κ3) is 4.38. The number of fused-ring (bicyclic) bond motifs is 1. The van der Waals surface area contributed by atoms with Gasteiger partial charge in [0.15, 0.2) is 0 Å². The smallest absolute Gasteiger partial charge is 0.227 e. The number of benzene rings is 2. The summed E-state index contributed by atoms with van der Waals surface area (Å²) in [5.41, 5.74) is 1.89. The Balaban J connectivity index is 1.38. The Morgan fingerprint density at radius 1 is 1.11 bits per heavy atom. The van der Waals surface area contributed by atoms with E-state index in [2.05, 4.69) is 15.9 Å². The van der Waals surface area contributed by atoms with Crippen molar-refractivity contribution in [3.63, 3.8) is 0 Å². The average molecular weight is 443 g/mol. The van der Waals surface area contributed by atoms with Crippen LogP contribution in [0.4, 0.5) is 5.69 Å². The summed E-state index contributed by atoms with van der Waals surface area (Å²) < 4.78 is 6.62. The average Bonchev–Trinajstić information content (AvgIpc) is 3.55. The zero-order chi connectivity index (χ0) is 19.5. The lowest BCUT2D eigenvalue weighted by Gasteiger charge is -2.30. The fourth-order valence-electron chi connectivity index (χ4n) is 3.56. The molecule has 2 aromatic rings. The van der Waals surface area contributed by atoms with Crippen molar-refractivity contribution >= 4 is 33.4 Å². The van der Waals surface area contributed by atoms with E-state index in [0.717, 1.165) is 34.3 Å². The molecule has 2 aromatic carbocycles. The largest absolute Gasteiger partial charge is 0.490 e. The molecule has 0 radical (unpaired) electrons. The molecule has 1 aliphatic carbocycles. The molecule has 2 aliphatic rings. The molecular weight excluding hydrogens is 420 g/mol. The number of anilines is 1. The topological polar surface area (TPSA) is 49.9 Å². The fraction of sp³-hybridized carbons (Fsp3) is 0.364. The molecule has 0 saturated heterocycles. The van der Waals surface area contributed by atoms with Crippen molar-refractivity contribution in [2.75, 3.05) is 18.1 Å². The van der Waals surface area contributed by atoms with Crippen LogP contribution >= 0.6 is 15.9 Å². The van der Waals surface area contributed by atoms with E-state index in [1.807, 2.05) is 53.4 Å². The van der Waals surface area contributed by atoms with Crippen molar-refractivity contribution in [1.82, 2.24) is 4.90 Å². The standard InChI is InChI=1S/C22H23BrN2O3/c23-17-5-3-4-16(14-17)15-25(18-8-9-18)22(27)11-10-21(26)24-12-13-28-20-7-2-1-6-19(20)24/h1-7,14,18H,8-13,15H2. The van der Waals surface area contributed by atoms with Gasteiger partial charge in [0.1, 0.15) is 12.4 Å². The second-order valence-electron chi connectivity index (χ2n) is 7.24. The van der Waals surface area contributed by atoms with Gasteiger partial charge in [-0.1, -0.05) is 40.2 Å². The first-order chi connectivity index (χ1) is 13.6. The first-order valence-electron chi connectivity index (χ1n) is 9.68. The number of amides is 2. The van der Waals surface area contributed by atoms with Crippen LogP contribution < -0.4 is 9.64 Å². The molecule has 6 heteroatoms. The molecule has 146 valence electrons. The van der Waals surface area contributed by atoms with Crippen LogP contribution in [-0.2, 0) is 16.1 Å². The normalized spacial score (nSPS) is 15.5. The van der Waals surface area contributed by atoms with Gasteiger partial charge in [-0.2, -0.15) is 0 Å². The zero-order valence-corrected chi connectivity index (χ0v) is 17.2. The van der Waals surface area contributed by atoms with Gasteiger partial charge in [-0.25, -0.2) is 0 Å². The lowest BCUT2D eigenvalue weighted by atomic mass is 10.1. The molecule has 1 aliphatic heterocycles. The van der Waals surface area contributed by atoms with Crippen molar-refractivity contribution in [3.05, 3.63) is 58.6 Å². The van der Waals surface area contributed by atoms with Crippen molar-refractivity contribution < 1.29 is 14.3 Å². The van der Waals surface area contributed by atoms with E-state index < -0.39 is 0 Å². The predicted molar refractivity (Wildman–Crippen MR) is 111 cm³/mol. The number of halogens is 1. The monoisotopic (exact) mass is 442 g/mol. The Kier molecular flexibility index (Phi) is 5.67. The number of nitrogens with zero attached hydrogens (tertiary/aromatic N) is 2. The Morgan fingerprint density at radius 3 is 2.71 bits per heavy atom. The molecule has 0 unspecified atom stereocenters. The highest BCUT2D eigenvalue weighted by atomic mass is 79.9. The SMILES string of the molecule is O=C(CCC(=O)N(Cc1cccc(Br)c1)C1CC1)N1CCOc2ccccc21. The highest BCUT2D eigenvalue weighted by Gasteiger charge is 2.33. The van der Waals surface area contributed by atoms with Gasteiger partial charge in [0.25, 0.3) is 0 Å². The van der Waals surface area contributed by atoms with Crippen molar-refractivity contribution in [2.45, 2.75) is 38.3 Å². The third-order valence-electron chi connectivity index (χ3n) is 5.13. The minimum absolute atomic E-state index is 0.0256. The fourth-order valence-corrected chi connectivity index (χ4v) is 4.01. The van der Waals surface area contributed by atoms with Gasteiger partial charge >= 0.3 is 0 Å². The Morgan fingerprint density at radius 2 is 1.93 bits per heavy atom. The summed E-state index contributed by atoms with van der Waals surface area (Å²) in [5.74, 6) is 0.752. The van der Waals surface area contributed by atoms with E-state index in [1.165, 1.54) is 0 Å². The summed E-state index contributed by atoms with van der Waals surface area (Å²) in [6, 6.07) is 15.9. The molecule has 0 atom stereocenters. The minimum atomic E-state index is -0.0256. The van der Waals surface area contributed by atoms with Crippen LogP contribution in [0.15, 0.2) is 53.0 Å². The minimum Gasteiger partial charge on any atom is -0.490 e. The molecule has 1 saturated carbocycles. The number of carbonyl (C=O) groups excluding carboxylic acids is 2. The molecule has 0 spiro atoms. The molecule has 1 heterocycles. The van der Waals surface area contributed by atoms with Crippen LogP contribution in [-0.4, -0.2) is 35.9 Å². The Labute approximate surface area is 173 Å². The van der Waals surface area contributed by atoms with Crippen LogP contribution in [0, 0.1) is 0 Å². The van der Waals surface area contributed by atoms with Crippen LogP contribution in [0.2, 0.25) is 0 Å². The highest BCUT2D eigenvalue weighted by Crippen LogP contribution is 2.32. The van der Waals surface area contributed by atoms with E-state index in [1.54, 1.807) is 4.90 Å². The van der Waals surface area contributed by atoms with Crippen molar-refractivity contribution in [2.24, 2.45) is 0 Å². The maximum atomic E-state index is 12.9. The molecular formula is C22H23BrN2O3. The van der Waals surface area contributed by atoms with E-state index in [9.17, 15) is 9.59 Å². The first-order valence-corrected chi connectivity index (χ1v) is 10.5. The van der Waals surface area contributed by atoms with Gasteiger partial charge in [0.05, 0.1) is 12.2 Å². The van der Waals surface area contributed by atoms with Crippen molar-refractivity contribution in [3.8, 4) is 5.75 Å². The number of hydrogen-bond donors (Lipinski definition) is 0. The van der Waals surface area contributed by atoms with Gasteiger partial charge in [-0.05, 0) is 42.7 Å². The van der Waals surface area contributed by atoms with Crippen molar-refractivity contribution in [1.29, 1.82) is 0 Å². The van der Waals surface area contributed by atoms with Gasteiger partial charge in [-0.15, -0.1) is 0 Å². The molecule has 1 fully saturated rings. The van der Waals surface area contributed by atoms with Crippen LogP contribution in [0.3, 0.4) is 0 Å².